The van der Waals surface area contributed by atoms with Crippen molar-refractivity contribution in [2.75, 3.05) is 18.0 Å². The molecule has 3 nitrogen and oxygen atoms in total. The number of benzene rings is 1. The average molecular weight is 263 g/mol. The molecule has 0 amide bonds. The molecule has 1 heterocycles. The fourth-order valence-electron chi connectivity index (χ4n) is 2.43. The Morgan fingerprint density at radius 2 is 1.89 bits per heavy atom. The highest BCUT2D eigenvalue weighted by Gasteiger charge is 2.14. The lowest BCUT2D eigenvalue weighted by Crippen LogP contribution is -2.24. The van der Waals surface area contributed by atoms with Crippen LogP contribution >= 0.6 is 0 Å². The minimum atomic E-state index is -1.06. The van der Waals surface area contributed by atoms with Gasteiger partial charge in [0, 0.05) is 30.4 Å². The van der Waals surface area contributed by atoms with E-state index in [1.165, 1.54) is 25.0 Å². The van der Waals surface area contributed by atoms with E-state index in [2.05, 4.69) is 4.90 Å². The van der Waals surface area contributed by atoms with Gasteiger partial charge in [0.15, 0.2) is 0 Å². The summed E-state index contributed by atoms with van der Waals surface area (Å²) in [6.45, 7) is 1.80. The monoisotopic (exact) mass is 263 g/mol. The van der Waals surface area contributed by atoms with Crippen molar-refractivity contribution < 1.29 is 14.3 Å². The molecule has 0 radical (unpaired) electrons. The zero-order valence-corrected chi connectivity index (χ0v) is 10.8. The van der Waals surface area contributed by atoms with Gasteiger partial charge in [-0.25, -0.2) is 9.18 Å². The van der Waals surface area contributed by atoms with E-state index < -0.39 is 5.97 Å². The number of aliphatic carboxylic acids is 1. The zero-order valence-electron chi connectivity index (χ0n) is 10.8. The molecular formula is C15H18FNO2. The van der Waals surface area contributed by atoms with Crippen LogP contribution in [-0.2, 0) is 4.79 Å². The third kappa shape index (κ3) is 3.56. The predicted molar refractivity (Wildman–Crippen MR) is 73.8 cm³/mol. The maximum atomic E-state index is 13.9. The van der Waals surface area contributed by atoms with Gasteiger partial charge in [0.2, 0.25) is 0 Å². The number of hydrogen-bond acceptors (Lipinski definition) is 2. The number of carboxylic acids is 1. The fourth-order valence-corrected chi connectivity index (χ4v) is 2.43. The number of anilines is 1. The third-order valence-corrected chi connectivity index (χ3v) is 3.37. The first kappa shape index (κ1) is 13.6. The Balaban J connectivity index is 2.32. The second-order valence-electron chi connectivity index (χ2n) is 4.75. The Hall–Kier alpha value is -1.84. The Labute approximate surface area is 112 Å². The SMILES string of the molecule is O=C(O)/C=C/c1c(F)cccc1N1CCCCCC1. The summed E-state index contributed by atoms with van der Waals surface area (Å²) in [6, 6.07) is 4.90. The number of nitrogens with zero attached hydrogens (tertiary/aromatic N) is 1. The van der Waals surface area contributed by atoms with E-state index in [-0.39, 0.29) is 5.82 Å². The van der Waals surface area contributed by atoms with Gasteiger partial charge < -0.3 is 10.0 Å². The van der Waals surface area contributed by atoms with Crippen molar-refractivity contribution in [1.29, 1.82) is 0 Å². The van der Waals surface area contributed by atoms with Crippen LogP contribution in [0.4, 0.5) is 10.1 Å². The van der Waals surface area contributed by atoms with Gasteiger partial charge in [-0.1, -0.05) is 18.9 Å². The molecule has 1 fully saturated rings. The first-order valence-electron chi connectivity index (χ1n) is 6.63. The van der Waals surface area contributed by atoms with E-state index in [0.29, 0.717) is 5.56 Å². The molecule has 2 rings (SSSR count). The van der Waals surface area contributed by atoms with Crippen molar-refractivity contribution in [3.05, 3.63) is 35.7 Å². The lowest BCUT2D eigenvalue weighted by molar-refractivity contribution is -0.131. The standard InChI is InChI=1S/C15H18FNO2/c16-13-6-5-7-14(12(13)8-9-15(18)19)17-10-3-1-2-4-11-17/h5-9H,1-4,10-11H2,(H,18,19)/b9-8+. The molecule has 0 unspecified atom stereocenters. The first-order valence-corrected chi connectivity index (χ1v) is 6.63. The zero-order chi connectivity index (χ0) is 13.7. The number of carbonyl (C=O) groups is 1. The lowest BCUT2D eigenvalue weighted by atomic mass is 10.1. The maximum absolute atomic E-state index is 13.9. The summed E-state index contributed by atoms with van der Waals surface area (Å²) >= 11 is 0. The fraction of sp³-hybridized carbons (Fsp3) is 0.400. The second kappa shape index (κ2) is 6.36. The molecule has 1 saturated heterocycles. The van der Waals surface area contributed by atoms with E-state index in [1.54, 1.807) is 6.07 Å². The van der Waals surface area contributed by atoms with Gasteiger partial charge in [-0.05, 0) is 31.1 Å². The normalized spacial score (nSPS) is 16.6. The van der Waals surface area contributed by atoms with Crippen molar-refractivity contribution in [2.24, 2.45) is 0 Å². The Morgan fingerprint density at radius 1 is 1.21 bits per heavy atom. The Morgan fingerprint density at radius 3 is 2.53 bits per heavy atom. The van der Waals surface area contributed by atoms with Gasteiger partial charge in [-0.15, -0.1) is 0 Å². The van der Waals surface area contributed by atoms with Crippen molar-refractivity contribution in [3.63, 3.8) is 0 Å². The molecule has 4 heteroatoms. The number of rotatable bonds is 3. The summed E-state index contributed by atoms with van der Waals surface area (Å²) in [5, 5.41) is 8.69. The molecule has 1 aromatic carbocycles. The van der Waals surface area contributed by atoms with Gasteiger partial charge in [-0.3, -0.25) is 0 Å². The highest BCUT2D eigenvalue weighted by Crippen LogP contribution is 2.27. The second-order valence-corrected chi connectivity index (χ2v) is 4.75. The predicted octanol–water partition coefficient (Wildman–Crippen LogP) is 3.30. The molecule has 0 saturated carbocycles. The van der Waals surface area contributed by atoms with Crippen LogP contribution in [0.15, 0.2) is 24.3 Å². The van der Waals surface area contributed by atoms with Gasteiger partial charge in [0.25, 0.3) is 0 Å². The molecule has 102 valence electrons. The van der Waals surface area contributed by atoms with Gasteiger partial charge in [0.1, 0.15) is 5.82 Å². The summed E-state index contributed by atoms with van der Waals surface area (Å²) in [6.07, 6.45) is 6.92. The third-order valence-electron chi connectivity index (χ3n) is 3.37. The highest BCUT2D eigenvalue weighted by molar-refractivity contribution is 5.87. The van der Waals surface area contributed by atoms with Gasteiger partial charge in [0.05, 0.1) is 0 Å². The molecule has 1 aromatic rings. The molecule has 0 spiro atoms. The molecule has 0 aliphatic carbocycles. The van der Waals surface area contributed by atoms with Crippen molar-refractivity contribution in [2.45, 2.75) is 25.7 Å². The van der Waals surface area contributed by atoms with E-state index in [1.807, 2.05) is 6.07 Å². The molecular weight excluding hydrogens is 245 g/mol. The smallest absolute Gasteiger partial charge is 0.328 e. The van der Waals surface area contributed by atoms with E-state index in [4.69, 9.17) is 5.11 Å². The first-order chi connectivity index (χ1) is 9.18. The van der Waals surface area contributed by atoms with Crippen LogP contribution < -0.4 is 4.90 Å². The average Bonchev–Trinajstić information content (AvgIpc) is 2.65. The summed E-state index contributed by atoms with van der Waals surface area (Å²) in [5.74, 6) is -1.44. The van der Waals surface area contributed by atoms with Crippen LogP contribution in [0, 0.1) is 5.82 Å². The lowest BCUT2D eigenvalue weighted by Gasteiger charge is -2.24. The summed E-state index contributed by atoms with van der Waals surface area (Å²) in [4.78, 5) is 12.8. The van der Waals surface area contributed by atoms with Crippen LogP contribution in [0.3, 0.4) is 0 Å². The van der Waals surface area contributed by atoms with E-state index >= 15 is 0 Å². The van der Waals surface area contributed by atoms with Crippen molar-refractivity contribution >= 4 is 17.7 Å². The quantitative estimate of drug-likeness (QED) is 0.851. The van der Waals surface area contributed by atoms with Crippen molar-refractivity contribution in [1.82, 2.24) is 0 Å². The Bertz CT molecular complexity index is 477. The molecule has 1 aliphatic rings. The molecule has 1 aliphatic heterocycles. The number of halogens is 1. The van der Waals surface area contributed by atoms with Crippen LogP contribution in [0.25, 0.3) is 6.08 Å². The van der Waals surface area contributed by atoms with Crippen molar-refractivity contribution in [3.8, 4) is 0 Å². The molecule has 0 bridgehead atoms. The van der Waals surface area contributed by atoms with Gasteiger partial charge >= 0.3 is 5.97 Å². The van der Waals surface area contributed by atoms with Crippen LogP contribution in [0.2, 0.25) is 0 Å². The number of carboxylic acid groups (broad SMARTS) is 1. The van der Waals surface area contributed by atoms with E-state index in [9.17, 15) is 9.18 Å². The minimum absolute atomic E-state index is 0.367. The minimum Gasteiger partial charge on any atom is -0.478 e. The largest absolute Gasteiger partial charge is 0.478 e. The molecule has 1 N–H and O–H groups in total. The topological polar surface area (TPSA) is 40.5 Å². The molecule has 19 heavy (non-hydrogen) atoms. The summed E-state index contributed by atoms with van der Waals surface area (Å²) < 4.78 is 13.9. The van der Waals surface area contributed by atoms with Gasteiger partial charge in [-0.2, -0.15) is 0 Å². The Kier molecular flexibility index (Phi) is 4.55. The summed E-state index contributed by atoms with van der Waals surface area (Å²) in [7, 11) is 0. The molecule has 0 atom stereocenters. The maximum Gasteiger partial charge on any atom is 0.328 e. The van der Waals surface area contributed by atoms with Crippen LogP contribution in [-0.4, -0.2) is 24.2 Å². The van der Waals surface area contributed by atoms with Crippen LogP contribution in [0.1, 0.15) is 31.2 Å². The van der Waals surface area contributed by atoms with Crippen LogP contribution in [0.5, 0.6) is 0 Å². The van der Waals surface area contributed by atoms with E-state index in [0.717, 1.165) is 37.7 Å². The molecule has 0 aromatic heterocycles. The highest BCUT2D eigenvalue weighted by atomic mass is 19.1. The number of hydrogen-bond donors (Lipinski definition) is 1. The summed E-state index contributed by atoms with van der Waals surface area (Å²) in [5.41, 5.74) is 1.16.